The van der Waals surface area contributed by atoms with Gasteiger partial charge in [-0.25, -0.2) is 0 Å². The van der Waals surface area contributed by atoms with E-state index in [9.17, 15) is 0 Å². The maximum atomic E-state index is 2.33. The highest BCUT2D eigenvalue weighted by atomic mass is 14.0. The molecular weight excluding hydrogens is 144 g/mol. The Bertz CT molecular complexity index is 149. The first-order chi connectivity index (χ1) is 5.70. The number of hydrogen-bond donors (Lipinski definition) is 0. The first-order valence-corrected chi connectivity index (χ1v) is 5.06. The van der Waals surface area contributed by atoms with Crippen LogP contribution in [-0.2, 0) is 0 Å². The Morgan fingerprint density at radius 1 is 1.17 bits per heavy atom. The second kappa shape index (κ2) is 7.15. The molecule has 0 unspecified atom stereocenters. The molecule has 0 atom stereocenters. The lowest BCUT2D eigenvalue weighted by Gasteiger charge is -2.05. The summed E-state index contributed by atoms with van der Waals surface area (Å²) in [5.41, 5.74) is 1.49. The zero-order valence-electron chi connectivity index (χ0n) is 8.93. The summed E-state index contributed by atoms with van der Waals surface area (Å²) in [4.78, 5) is 0. The summed E-state index contributed by atoms with van der Waals surface area (Å²) in [5, 5.41) is 0. The molecular formula is C12H22. The molecule has 0 aromatic rings. The molecule has 0 nitrogen and oxygen atoms in total. The zero-order chi connectivity index (χ0) is 9.40. The molecule has 0 amide bonds. The molecule has 0 aromatic heterocycles. The number of allylic oxidation sites excluding steroid dienone is 4. The Hall–Kier alpha value is -0.520. The van der Waals surface area contributed by atoms with Gasteiger partial charge in [0.05, 0.1) is 0 Å². The molecule has 0 bridgehead atoms. The van der Waals surface area contributed by atoms with E-state index in [4.69, 9.17) is 0 Å². The van der Waals surface area contributed by atoms with E-state index >= 15 is 0 Å². The summed E-state index contributed by atoms with van der Waals surface area (Å²) in [5.74, 6) is 0.768. The quantitative estimate of drug-likeness (QED) is 0.533. The van der Waals surface area contributed by atoms with E-state index in [2.05, 4.69) is 45.9 Å². The van der Waals surface area contributed by atoms with Crippen LogP contribution in [0, 0.1) is 5.92 Å². The summed E-state index contributed by atoms with van der Waals surface area (Å²) in [6, 6.07) is 0. The van der Waals surface area contributed by atoms with Gasteiger partial charge in [-0.1, -0.05) is 51.5 Å². The van der Waals surface area contributed by atoms with Crippen LogP contribution < -0.4 is 0 Å². The van der Waals surface area contributed by atoms with Crippen molar-refractivity contribution in [2.45, 2.75) is 47.0 Å². The van der Waals surface area contributed by atoms with Crippen LogP contribution in [-0.4, -0.2) is 0 Å². The van der Waals surface area contributed by atoms with Crippen LogP contribution in [0.4, 0.5) is 0 Å². The lowest BCUT2D eigenvalue weighted by molar-refractivity contribution is 0.648. The van der Waals surface area contributed by atoms with Crippen LogP contribution in [0.25, 0.3) is 0 Å². The molecule has 0 heterocycles. The molecule has 0 fully saturated rings. The highest BCUT2D eigenvalue weighted by molar-refractivity contribution is 5.18. The van der Waals surface area contributed by atoms with E-state index in [1.54, 1.807) is 0 Å². The first kappa shape index (κ1) is 11.5. The van der Waals surface area contributed by atoms with Crippen molar-refractivity contribution >= 4 is 0 Å². The monoisotopic (exact) mass is 166 g/mol. The predicted molar refractivity (Wildman–Crippen MR) is 57.3 cm³/mol. The van der Waals surface area contributed by atoms with E-state index in [-0.39, 0.29) is 0 Å². The molecule has 0 aliphatic heterocycles. The van der Waals surface area contributed by atoms with E-state index in [0.717, 1.165) is 18.8 Å². The minimum atomic E-state index is 0.768. The van der Waals surface area contributed by atoms with Gasteiger partial charge in [0.15, 0.2) is 0 Å². The Morgan fingerprint density at radius 2 is 1.83 bits per heavy atom. The SMILES string of the molecule is CC/C=C\C(=C/CC)CC(C)C. The van der Waals surface area contributed by atoms with Gasteiger partial charge in [-0.15, -0.1) is 0 Å². The zero-order valence-corrected chi connectivity index (χ0v) is 8.93. The highest BCUT2D eigenvalue weighted by Gasteiger charge is 1.96. The van der Waals surface area contributed by atoms with Crippen molar-refractivity contribution in [1.82, 2.24) is 0 Å². The van der Waals surface area contributed by atoms with Gasteiger partial charge in [-0.2, -0.15) is 0 Å². The van der Waals surface area contributed by atoms with Gasteiger partial charge in [-0.05, 0) is 25.2 Å². The van der Waals surface area contributed by atoms with Gasteiger partial charge >= 0.3 is 0 Å². The normalized spacial score (nSPS) is 13.2. The lowest BCUT2D eigenvalue weighted by Crippen LogP contribution is -1.88. The second-order valence-corrected chi connectivity index (χ2v) is 3.60. The fourth-order valence-corrected chi connectivity index (χ4v) is 1.22. The standard InChI is InChI=1S/C12H22/c1-5-7-9-12(8-6-2)10-11(3)4/h7-9,11H,5-6,10H2,1-4H3/b9-7-,12-8+. The van der Waals surface area contributed by atoms with Crippen LogP contribution in [0.2, 0.25) is 0 Å². The topological polar surface area (TPSA) is 0 Å². The Labute approximate surface area is 77.4 Å². The maximum Gasteiger partial charge on any atom is -0.0259 e. The van der Waals surface area contributed by atoms with Crippen molar-refractivity contribution in [3.63, 3.8) is 0 Å². The molecule has 0 aromatic carbocycles. The third kappa shape index (κ3) is 6.21. The van der Waals surface area contributed by atoms with E-state index < -0.39 is 0 Å². The largest absolute Gasteiger partial charge is 0.0845 e. The van der Waals surface area contributed by atoms with Crippen molar-refractivity contribution < 1.29 is 0 Å². The highest BCUT2D eigenvalue weighted by Crippen LogP contribution is 2.12. The molecule has 0 radical (unpaired) electrons. The third-order valence-corrected chi connectivity index (χ3v) is 1.68. The van der Waals surface area contributed by atoms with E-state index in [0.29, 0.717) is 0 Å². The van der Waals surface area contributed by atoms with Gasteiger partial charge < -0.3 is 0 Å². The van der Waals surface area contributed by atoms with Crippen molar-refractivity contribution in [2.24, 2.45) is 5.92 Å². The molecule has 70 valence electrons. The summed E-state index contributed by atoms with van der Waals surface area (Å²) in [6.07, 6.45) is 10.3. The summed E-state index contributed by atoms with van der Waals surface area (Å²) in [7, 11) is 0. The van der Waals surface area contributed by atoms with Crippen molar-refractivity contribution in [2.75, 3.05) is 0 Å². The molecule has 0 saturated carbocycles. The van der Waals surface area contributed by atoms with Crippen LogP contribution in [0.1, 0.15) is 47.0 Å². The molecule has 0 saturated heterocycles. The minimum absolute atomic E-state index is 0.768. The molecule has 0 aliphatic carbocycles. The maximum absolute atomic E-state index is 2.33. The van der Waals surface area contributed by atoms with Crippen molar-refractivity contribution in [3.8, 4) is 0 Å². The molecule has 0 heteroatoms. The van der Waals surface area contributed by atoms with Gasteiger partial charge in [0.25, 0.3) is 0 Å². The Morgan fingerprint density at radius 3 is 2.25 bits per heavy atom. The molecule has 0 rings (SSSR count). The third-order valence-electron chi connectivity index (χ3n) is 1.68. The smallest absolute Gasteiger partial charge is 0.0259 e. The minimum Gasteiger partial charge on any atom is -0.0845 e. The first-order valence-electron chi connectivity index (χ1n) is 5.06. The van der Waals surface area contributed by atoms with Crippen molar-refractivity contribution in [1.29, 1.82) is 0 Å². The van der Waals surface area contributed by atoms with Crippen molar-refractivity contribution in [3.05, 3.63) is 23.8 Å². The van der Waals surface area contributed by atoms with E-state index in [1.165, 1.54) is 12.0 Å². The van der Waals surface area contributed by atoms with Gasteiger partial charge in [0.2, 0.25) is 0 Å². The number of rotatable bonds is 5. The molecule has 0 N–H and O–H groups in total. The molecule has 0 aliphatic rings. The van der Waals surface area contributed by atoms with Gasteiger partial charge in [-0.3, -0.25) is 0 Å². The summed E-state index contributed by atoms with van der Waals surface area (Å²) in [6.45, 7) is 8.90. The average molecular weight is 166 g/mol. The summed E-state index contributed by atoms with van der Waals surface area (Å²) >= 11 is 0. The van der Waals surface area contributed by atoms with Gasteiger partial charge in [0, 0.05) is 0 Å². The Kier molecular flexibility index (Phi) is 6.84. The van der Waals surface area contributed by atoms with Crippen LogP contribution in [0.5, 0.6) is 0 Å². The van der Waals surface area contributed by atoms with E-state index in [1.807, 2.05) is 0 Å². The fraction of sp³-hybridized carbons (Fsp3) is 0.667. The number of hydrogen-bond acceptors (Lipinski definition) is 0. The fourth-order valence-electron chi connectivity index (χ4n) is 1.22. The van der Waals surface area contributed by atoms with Gasteiger partial charge in [0.1, 0.15) is 0 Å². The Balaban J connectivity index is 4.05. The van der Waals surface area contributed by atoms with Crippen LogP contribution in [0.3, 0.4) is 0 Å². The average Bonchev–Trinajstić information content (AvgIpc) is 2.00. The lowest BCUT2D eigenvalue weighted by atomic mass is 10.0. The predicted octanol–water partition coefficient (Wildman–Crippen LogP) is 4.34. The second-order valence-electron chi connectivity index (χ2n) is 3.60. The van der Waals surface area contributed by atoms with Crippen LogP contribution >= 0.6 is 0 Å². The molecule has 0 spiro atoms. The summed E-state index contributed by atoms with van der Waals surface area (Å²) < 4.78 is 0. The molecule has 12 heavy (non-hydrogen) atoms. The van der Waals surface area contributed by atoms with Crippen LogP contribution in [0.15, 0.2) is 23.8 Å².